The van der Waals surface area contributed by atoms with Crippen molar-refractivity contribution < 1.29 is 19.1 Å². The van der Waals surface area contributed by atoms with Crippen LogP contribution in [0.3, 0.4) is 0 Å². The fraction of sp³-hybridized carbons (Fsp3) is 0.500. The van der Waals surface area contributed by atoms with Crippen molar-refractivity contribution >= 4 is 74.2 Å². The molecule has 2 amide bonds. The highest BCUT2D eigenvalue weighted by Crippen LogP contribution is 2.30. The molecule has 2 aromatic carbocycles. The number of amides is 2. The molecule has 2 aromatic heterocycles. The molecule has 1 N–H and O–H groups in total. The lowest BCUT2D eigenvalue weighted by atomic mass is 9.96. The van der Waals surface area contributed by atoms with Gasteiger partial charge in [-0.15, -0.1) is 0 Å². The molecular formula is C36H43Cl3N8O4. The number of benzene rings is 2. The van der Waals surface area contributed by atoms with Gasteiger partial charge < -0.3 is 29.5 Å². The number of nitrogens with zero attached hydrogens (tertiary/aromatic N) is 7. The van der Waals surface area contributed by atoms with Crippen molar-refractivity contribution in [3.05, 3.63) is 64.3 Å². The second kappa shape index (κ2) is 18.4. The first-order valence-electron chi connectivity index (χ1n) is 17.6. The number of fused-ring (bicyclic) bond motifs is 2. The molecule has 4 aromatic rings. The molecule has 12 nitrogen and oxygen atoms in total. The van der Waals surface area contributed by atoms with E-state index in [1.165, 1.54) is 0 Å². The van der Waals surface area contributed by atoms with E-state index in [1.54, 1.807) is 0 Å². The highest BCUT2D eigenvalue weighted by Gasteiger charge is 2.31. The van der Waals surface area contributed by atoms with E-state index in [-0.39, 0.29) is 28.3 Å². The quantitative estimate of drug-likeness (QED) is 0.222. The molecular weight excluding hydrogens is 715 g/mol. The molecule has 4 saturated heterocycles. The van der Waals surface area contributed by atoms with E-state index >= 15 is 0 Å². The summed E-state index contributed by atoms with van der Waals surface area (Å²) in [5.41, 5.74) is 1.60. The third-order valence-corrected chi connectivity index (χ3v) is 10.1. The largest absolute Gasteiger partial charge is 0.378 e. The molecule has 0 spiro atoms. The Bertz CT molecular complexity index is 1760. The van der Waals surface area contributed by atoms with Crippen LogP contribution < -0.4 is 10.2 Å². The minimum absolute atomic E-state index is 0.000599. The second-order valence-electron chi connectivity index (χ2n) is 12.8. The Morgan fingerprint density at radius 2 is 1.22 bits per heavy atom. The molecule has 6 heterocycles. The molecule has 2 atom stereocenters. The fourth-order valence-electron chi connectivity index (χ4n) is 6.80. The maximum atomic E-state index is 12.8. The van der Waals surface area contributed by atoms with E-state index in [1.807, 2.05) is 58.3 Å². The average Bonchev–Trinajstić information content (AvgIpc) is 3.18. The highest BCUT2D eigenvalue weighted by atomic mass is 35.5. The highest BCUT2D eigenvalue weighted by molar-refractivity contribution is 6.35. The lowest BCUT2D eigenvalue weighted by Crippen LogP contribution is -2.48. The number of nitrogens with one attached hydrogen (secondary N) is 1. The van der Waals surface area contributed by atoms with E-state index in [0.717, 1.165) is 86.0 Å². The molecule has 8 rings (SSSR count). The Kier molecular flexibility index (Phi) is 13.5. The maximum absolute atomic E-state index is 12.8. The number of hydrogen-bond acceptors (Lipinski definition) is 10. The number of halogens is 3. The monoisotopic (exact) mass is 756 g/mol. The lowest BCUT2D eigenvalue weighted by Gasteiger charge is -2.37. The molecule has 0 saturated carbocycles. The minimum Gasteiger partial charge on any atom is -0.378 e. The first kappa shape index (κ1) is 37.4. The standard InChI is InChI=1S/C18H21ClN4O2.C10H18N2O2.C8H4Cl2N2/c19-18-20-15-6-2-1-5-14(15)16(21-18)23-7-3-4-13(12-23)17(24)22-8-10-25-11-9-22;13-10(9-2-1-3-11-8-9)12-4-6-14-7-5-12;9-7-5-3-1-2-4-6(5)11-8(10)12-7/h1-2,5-6,13H,3-4,7-12H2;9,11H,1-8H2;1-4H. The molecule has 2 unspecified atom stereocenters. The molecule has 4 aliphatic heterocycles. The van der Waals surface area contributed by atoms with Crippen molar-refractivity contribution in [3.63, 3.8) is 0 Å². The summed E-state index contributed by atoms with van der Waals surface area (Å²) >= 11 is 17.6. The van der Waals surface area contributed by atoms with Gasteiger partial charge in [-0.05, 0) is 79.7 Å². The number of piperidine rings is 2. The SMILES string of the molecule is Clc1nc(Cl)c2ccccc2n1.O=C(C1CCCN(c2nc(Cl)nc3ccccc23)C1)N1CCOCC1.O=C(C1CCCNC1)N1CCOCC1. The van der Waals surface area contributed by atoms with Crippen LogP contribution in [0.2, 0.25) is 15.7 Å². The van der Waals surface area contributed by atoms with Crippen LogP contribution in [0.5, 0.6) is 0 Å². The van der Waals surface area contributed by atoms with Crippen molar-refractivity contribution in [3.8, 4) is 0 Å². The van der Waals surface area contributed by atoms with Gasteiger partial charge in [0.25, 0.3) is 0 Å². The van der Waals surface area contributed by atoms with Crippen LogP contribution in [-0.4, -0.2) is 120 Å². The Morgan fingerprint density at radius 1 is 0.667 bits per heavy atom. The molecule has 4 fully saturated rings. The van der Waals surface area contributed by atoms with Crippen molar-refractivity contribution in [2.75, 3.05) is 83.7 Å². The van der Waals surface area contributed by atoms with Gasteiger partial charge >= 0.3 is 0 Å². The minimum atomic E-state index is -0.000599. The van der Waals surface area contributed by atoms with Crippen LogP contribution in [0.4, 0.5) is 5.82 Å². The molecule has 0 aliphatic carbocycles. The van der Waals surface area contributed by atoms with E-state index in [4.69, 9.17) is 44.3 Å². The van der Waals surface area contributed by atoms with Crippen LogP contribution >= 0.6 is 34.8 Å². The van der Waals surface area contributed by atoms with Crippen molar-refractivity contribution in [1.29, 1.82) is 0 Å². The Balaban J connectivity index is 0.000000145. The summed E-state index contributed by atoms with van der Waals surface area (Å²) < 4.78 is 10.6. The summed E-state index contributed by atoms with van der Waals surface area (Å²) in [7, 11) is 0. The Hall–Kier alpha value is -3.39. The smallest absolute Gasteiger partial charge is 0.227 e. The first-order valence-corrected chi connectivity index (χ1v) is 18.7. The van der Waals surface area contributed by atoms with Gasteiger partial charge in [0, 0.05) is 56.6 Å². The van der Waals surface area contributed by atoms with Crippen LogP contribution in [0, 0.1) is 11.8 Å². The Morgan fingerprint density at radius 3 is 1.84 bits per heavy atom. The van der Waals surface area contributed by atoms with Crippen LogP contribution in [0.1, 0.15) is 25.7 Å². The summed E-state index contributed by atoms with van der Waals surface area (Å²) in [6, 6.07) is 15.3. The zero-order chi connectivity index (χ0) is 35.6. The number of carbonyl (C=O) groups excluding carboxylic acids is 2. The second-order valence-corrected chi connectivity index (χ2v) is 13.9. The van der Waals surface area contributed by atoms with Crippen molar-refractivity contribution in [2.45, 2.75) is 25.7 Å². The summed E-state index contributed by atoms with van der Waals surface area (Å²) in [4.78, 5) is 47.5. The first-order chi connectivity index (χ1) is 24.9. The number of anilines is 1. The van der Waals surface area contributed by atoms with Gasteiger partial charge in [0.2, 0.25) is 22.4 Å². The lowest BCUT2D eigenvalue weighted by molar-refractivity contribution is -0.140. The summed E-state index contributed by atoms with van der Waals surface area (Å²) in [6.45, 7) is 9.07. The zero-order valence-electron chi connectivity index (χ0n) is 28.5. The molecule has 4 aliphatic rings. The summed E-state index contributed by atoms with van der Waals surface area (Å²) in [5.74, 6) is 1.59. The van der Waals surface area contributed by atoms with Gasteiger partial charge in [0.1, 0.15) is 11.0 Å². The van der Waals surface area contributed by atoms with E-state index in [9.17, 15) is 9.59 Å². The molecule has 0 bridgehead atoms. The molecule has 272 valence electrons. The summed E-state index contributed by atoms with van der Waals surface area (Å²) in [5, 5.41) is 5.90. The normalized spacial score (nSPS) is 21.0. The predicted octanol–water partition coefficient (Wildman–Crippen LogP) is 5.14. The average molecular weight is 758 g/mol. The third kappa shape index (κ3) is 9.94. The number of ether oxygens (including phenoxy) is 2. The number of aromatic nitrogens is 4. The molecule has 15 heteroatoms. The number of carbonyl (C=O) groups is 2. The van der Waals surface area contributed by atoms with Gasteiger partial charge in [0.05, 0.1) is 49.3 Å². The Labute approximate surface area is 312 Å². The summed E-state index contributed by atoms with van der Waals surface area (Å²) in [6.07, 6.45) is 4.06. The van der Waals surface area contributed by atoms with Crippen molar-refractivity contribution in [2.24, 2.45) is 11.8 Å². The van der Waals surface area contributed by atoms with E-state index in [0.29, 0.717) is 57.1 Å². The van der Waals surface area contributed by atoms with Crippen LogP contribution in [0.15, 0.2) is 48.5 Å². The molecule has 51 heavy (non-hydrogen) atoms. The van der Waals surface area contributed by atoms with E-state index < -0.39 is 0 Å². The van der Waals surface area contributed by atoms with Crippen LogP contribution in [0.25, 0.3) is 21.8 Å². The number of morpholine rings is 2. The van der Waals surface area contributed by atoms with Gasteiger partial charge in [-0.3, -0.25) is 9.59 Å². The van der Waals surface area contributed by atoms with Gasteiger partial charge in [-0.25, -0.2) is 15.0 Å². The van der Waals surface area contributed by atoms with E-state index in [2.05, 4.69) is 30.2 Å². The number of hydrogen-bond donors (Lipinski definition) is 1. The van der Waals surface area contributed by atoms with Crippen LogP contribution in [-0.2, 0) is 19.1 Å². The maximum Gasteiger partial charge on any atom is 0.227 e. The number of rotatable bonds is 3. The van der Waals surface area contributed by atoms with Crippen molar-refractivity contribution in [1.82, 2.24) is 35.1 Å². The predicted molar refractivity (Wildman–Crippen MR) is 199 cm³/mol. The fourth-order valence-corrected chi connectivity index (χ4v) is 7.43. The number of para-hydroxylation sites is 2. The third-order valence-electron chi connectivity index (χ3n) is 9.45. The molecule has 0 radical (unpaired) electrons. The zero-order valence-corrected chi connectivity index (χ0v) is 30.8. The topological polar surface area (TPSA) is 126 Å². The van der Waals surface area contributed by atoms with Gasteiger partial charge in [-0.2, -0.15) is 4.98 Å². The van der Waals surface area contributed by atoms with Gasteiger partial charge in [-0.1, -0.05) is 35.9 Å². The van der Waals surface area contributed by atoms with Gasteiger partial charge in [0.15, 0.2) is 0 Å².